The summed E-state index contributed by atoms with van der Waals surface area (Å²) in [7, 11) is 0. The number of carbonyl (C=O) groups excluding carboxylic acids is 1. The zero-order chi connectivity index (χ0) is 13.9. The second-order valence-corrected chi connectivity index (χ2v) is 5.98. The van der Waals surface area contributed by atoms with Gasteiger partial charge in [-0.2, -0.15) is 5.26 Å². The highest BCUT2D eigenvalue weighted by atomic mass is 16.1. The molecule has 1 aliphatic carbocycles. The molecule has 104 valence electrons. The standard InChI is InChI=1S/C17H20N2O/c18-11-14-6-7-15-10-16(14)17(20)8-9-19(15)12-13-4-2-1-3-5-13/h1-5,14-16H,6-10,12H2/t14-,15-,16-/m1/s1. The van der Waals surface area contributed by atoms with Crippen molar-refractivity contribution in [3.8, 4) is 6.07 Å². The maximum Gasteiger partial charge on any atom is 0.138 e. The molecule has 3 heteroatoms. The molecular weight excluding hydrogens is 248 g/mol. The predicted octanol–water partition coefficient (Wildman–Crippen LogP) is 2.77. The lowest BCUT2D eigenvalue weighted by Crippen LogP contribution is -2.39. The minimum atomic E-state index is -0.0459. The molecule has 1 aromatic rings. The first-order valence-electron chi connectivity index (χ1n) is 7.48. The van der Waals surface area contributed by atoms with Crippen LogP contribution in [0.4, 0.5) is 0 Å². The molecule has 3 nitrogen and oxygen atoms in total. The molecule has 0 N–H and O–H groups in total. The highest BCUT2D eigenvalue weighted by molar-refractivity contribution is 5.82. The molecule has 0 amide bonds. The van der Waals surface area contributed by atoms with Crippen LogP contribution < -0.4 is 0 Å². The van der Waals surface area contributed by atoms with Gasteiger partial charge in [-0.25, -0.2) is 0 Å². The van der Waals surface area contributed by atoms with Gasteiger partial charge in [0.2, 0.25) is 0 Å². The second-order valence-electron chi connectivity index (χ2n) is 5.98. The van der Waals surface area contributed by atoms with E-state index in [0.29, 0.717) is 18.2 Å². The van der Waals surface area contributed by atoms with Crippen molar-refractivity contribution in [3.05, 3.63) is 35.9 Å². The molecular formula is C17H20N2O. The van der Waals surface area contributed by atoms with Gasteiger partial charge >= 0.3 is 0 Å². The number of likely N-dealkylation sites (tertiary alicyclic amines) is 1. The molecule has 0 aromatic heterocycles. The summed E-state index contributed by atoms with van der Waals surface area (Å²) in [6, 6.07) is 13.3. The maximum absolute atomic E-state index is 12.2. The van der Waals surface area contributed by atoms with Crippen LogP contribution in [0.15, 0.2) is 30.3 Å². The van der Waals surface area contributed by atoms with Gasteiger partial charge in [0.05, 0.1) is 12.0 Å². The zero-order valence-electron chi connectivity index (χ0n) is 11.7. The number of benzene rings is 1. The van der Waals surface area contributed by atoms with Gasteiger partial charge in [-0.15, -0.1) is 0 Å². The lowest BCUT2D eigenvalue weighted by Gasteiger charge is -2.35. The third-order valence-corrected chi connectivity index (χ3v) is 4.79. The smallest absolute Gasteiger partial charge is 0.138 e. The number of rotatable bonds is 2. The van der Waals surface area contributed by atoms with Crippen LogP contribution in [-0.4, -0.2) is 23.3 Å². The summed E-state index contributed by atoms with van der Waals surface area (Å²) in [5, 5.41) is 9.20. The summed E-state index contributed by atoms with van der Waals surface area (Å²) in [6.45, 7) is 1.76. The third-order valence-electron chi connectivity index (χ3n) is 4.79. The molecule has 1 aliphatic heterocycles. The molecule has 1 heterocycles. The van der Waals surface area contributed by atoms with E-state index in [0.717, 1.165) is 32.4 Å². The number of ketones is 1. The molecule has 3 atom stereocenters. The van der Waals surface area contributed by atoms with E-state index in [4.69, 9.17) is 0 Å². The number of carbonyl (C=O) groups is 1. The minimum Gasteiger partial charge on any atom is -0.299 e. The fraction of sp³-hybridized carbons (Fsp3) is 0.529. The Morgan fingerprint density at radius 3 is 2.80 bits per heavy atom. The van der Waals surface area contributed by atoms with E-state index < -0.39 is 0 Å². The molecule has 1 saturated carbocycles. The average Bonchev–Trinajstić information content (AvgIpc) is 2.61. The zero-order valence-corrected chi connectivity index (χ0v) is 11.7. The largest absolute Gasteiger partial charge is 0.299 e. The Kier molecular flexibility index (Phi) is 3.84. The molecule has 20 heavy (non-hydrogen) atoms. The fourth-order valence-corrected chi connectivity index (χ4v) is 3.64. The molecule has 0 radical (unpaired) electrons. The van der Waals surface area contributed by atoms with Crippen molar-refractivity contribution in [3.63, 3.8) is 0 Å². The molecule has 0 spiro atoms. The number of nitriles is 1. The molecule has 2 bridgehead atoms. The average molecular weight is 268 g/mol. The van der Waals surface area contributed by atoms with Gasteiger partial charge in [0.1, 0.15) is 5.78 Å². The van der Waals surface area contributed by atoms with Gasteiger partial charge in [-0.3, -0.25) is 9.69 Å². The van der Waals surface area contributed by atoms with Gasteiger partial charge in [0.15, 0.2) is 0 Å². The highest BCUT2D eigenvalue weighted by Crippen LogP contribution is 2.36. The minimum absolute atomic E-state index is 0.0143. The Hall–Kier alpha value is -1.66. The SMILES string of the molecule is N#C[C@H]1CC[C@@H]2C[C@H]1C(=O)CCN2Cc1ccccc1. The van der Waals surface area contributed by atoms with E-state index in [1.54, 1.807) is 0 Å². The Labute approximate surface area is 120 Å². The number of nitrogens with zero attached hydrogens (tertiary/aromatic N) is 2. The van der Waals surface area contributed by atoms with E-state index in [1.807, 2.05) is 6.07 Å². The van der Waals surface area contributed by atoms with Crippen LogP contribution in [0.25, 0.3) is 0 Å². The van der Waals surface area contributed by atoms with E-state index in [1.165, 1.54) is 5.56 Å². The summed E-state index contributed by atoms with van der Waals surface area (Å²) in [6.07, 6.45) is 3.41. The summed E-state index contributed by atoms with van der Waals surface area (Å²) in [5.74, 6) is 0.242. The third kappa shape index (κ3) is 2.62. The van der Waals surface area contributed by atoms with Gasteiger partial charge < -0.3 is 0 Å². The Balaban J connectivity index is 1.75. The van der Waals surface area contributed by atoms with Gasteiger partial charge in [-0.05, 0) is 24.8 Å². The summed E-state index contributed by atoms with van der Waals surface area (Å²) in [4.78, 5) is 14.7. The van der Waals surface area contributed by atoms with E-state index in [9.17, 15) is 10.1 Å². The van der Waals surface area contributed by atoms with E-state index in [2.05, 4.69) is 35.2 Å². The summed E-state index contributed by atoms with van der Waals surface area (Å²) < 4.78 is 0. The summed E-state index contributed by atoms with van der Waals surface area (Å²) >= 11 is 0. The molecule has 1 saturated heterocycles. The van der Waals surface area contributed by atoms with Crippen LogP contribution in [-0.2, 0) is 11.3 Å². The lowest BCUT2D eigenvalue weighted by molar-refractivity contribution is -0.124. The van der Waals surface area contributed by atoms with Gasteiger partial charge in [0, 0.05) is 31.5 Å². The van der Waals surface area contributed by atoms with Gasteiger partial charge in [-0.1, -0.05) is 30.3 Å². The van der Waals surface area contributed by atoms with Crippen molar-refractivity contribution in [2.75, 3.05) is 6.54 Å². The quantitative estimate of drug-likeness (QED) is 0.828. The van der Waals surface area contributed by atoms with Crippen LogP contribution in [0, 0.1) is 23.2 Å². The van der Waals surface area contributed by atoms with Crippen molar-refractivity contribution in [2.24, 2.45) is 11.8 Å². The first kappa shape index (κ1) is 13.3. The molecule has 2 aliphatic rings. The molecule has 2 fully saturated rings. The number of hydrogen-bond acceptors (Lipinski definition) is 3. The van der Waals surface area contributed by atoms with Crippen molar-refractivity contribution < 1.29 is 4.79 Å². The molecule has 1 aromatic carbocycles. The number of fused-ring (bicyclic) bond motifs is 2. The monoisotopic (exact) mass is 268 g/mol. The summed E-state index contributed by atoms with van der Waals surface area (Å²) in [5.41, 5.74) is 1.31. The first-order chi connectivity index (χ1) is 9.78. The van der Waals surface area contributed by atoms with E-state index in [-0.39, 0.29) is 11.8 Å². The Morgan fingerprint density at radius 1 is 1.25 bits per heavy atom. The van der Waals surface area contributed by atoms with Crippen molar-refractivity contribution in [1.82, 2.24) is 4.90 Å². The van der Waals surface area contributed by atoms with Gasteiger partial charge in [0.25, 0.3) is 0 Å². The second kappa shape index (κ2) is 5.76. The molecule has 3 rings (SSSR count). The van der Waals surface area contributed by atoms with Crippen molar-refractivity contribution in [1.29, 1.82) is 5.26 Å². The van der Waals surface area contributed by atoms with Crippen LogP contribution >= 0.6 is 0 Å². The normalized spacial score (nSPS) is 30.6. The van der Waals surface area contributed by atoms with Crippen LogP contribution in [0.2, 0.25) is 0 Å². The fourth-order valence-electron chi connectivity index (χ4n) is 3.64. The predicted molar refractivity (Wildman–Crippen MR) is 76.7 cm³/mol. The Bertz CT molecular complexity index is 520. The van der Waals surface area contributed by atoms with Crippen LogP contribution in [0.1, 0.15) is 31.2 Å². The maximum atomic E-state index is 12.2. The first-order valence-corrected chi connectivity index (χ1v) is 7.48. The van der Waals surface area contributed by atoms with Crippen LogP contribution in [0.3, 0.4) is 0 Å². The molecule has 0 unspecified atom stereocenters. The topological polar surface area (TPSA) is 44.1 Å². The number of hydrogen-bond donors (Lipinski definition) is 0. The van der Waals surface area contributed by atoms with Crippen LogP contribution in [0.5, 0.6) is 0 Å². The number of Topliss-reactive ketones (excluding diaryl/α,β-unsaturated/α-hetero) is 1. The Morgan fingerprint density at radius 2 is 2.05 bits per heavy atom. The van der Waals surface area contributed by atoms with E-state index >= 15 is 0 Å². The van der Waals surface area contributed by atoms with Crippen molar-refractivity contribution in [2.45, 2.75) is 38.3 Å². The highest BCUT2D eigenvalue weighted by Gasteiger charge is 2.39. The van der Waals surface area contributed by atoms with Crippen molar-refractivity contribution >= 4 is 5.78 Å². The lowest BCUT2D eigenvalue weighted by atomic mass is 9.75.